The van der Waals surface area contributed by atoms with Crippen LogP contribution in [-0.4, -0.2) is 66.5 Å². The van der Waals surface area contributed by atoms with Gasteiger partial charge in [0.05, 0.1) is 6.61 Å². The monoisotopic (exact) mass is 344 g/mol. The van der Waals surface area contributed by atoms with Crippen molar-refractivity contribution in [3.63, 3.8) is 0 Å². The first-order chi connectivity index (χ1) is 11.0. The van der Waals surface area contributed by atoms with E-state index in [0.717, 1.165) is 0 Å². The lowest BCUT2D eigenvalue weighted by atomic mass is 10.1. The van der Waals surface area contributed by atoms with E-state index in [9.17, 15) is 10.2 Å². The molecule has 0 saturated carbocycles. The van der Waals surface area contributed by atoms with Crippen LogP contribution in [-0.2, 0) is 14.5 Å². The molecule has 4 N–H and O–H groups in total. The molecule has 1 aliphatic rings. The molecule has 23 heavy (non-hydrogen) atoms. The van der Waals surface area contributed by atoms with Gasteiger partial charge in [-0.2, -0.15) is 4.89 Å². The standard InChI is InChI=1S/C12H13ClN4O6/c1-4(10-16-6-9(13)14-3-15-11(6)17-10)22-23-12-8(20)7(19)5(2-18)21-12/h3,5,7-8,12,18-20H,1-2H2,(H,14,15,16,17)/t5-,7-,8-,12+/m1/s1. The average molecular weight is 345 g/mol. The first kappa shape index (κ1) is 16.1. The van der Waals surface area contributed by atoms with Crippen LogP contribution in [0.1, 0.15) is 5.82 Å². The van der Waals surface area contributed by atoms with Crippen LogP contribution in [0.5, 0.6) is 0 Å². The first-order valence-electron chi connectivity index (χ1n) is 6.52. The molecule has 0 aliphatic carbocycles. The van der Waals surface area contributed by atoms with Crippen molar-refractivity contribution in [3.05, 3.63) is 23.9 Å². The molecule has 0 aromatic carbocycles. The summed E-state index contributed by atoms with van der Waals surface area (Å²) in [7, 11) is 0. The molecule has 4 atom stereocenters. The lowest BCUT2D eigenvalue weighted by molar-refractivity contribution is -0.347. The largest absolute Gasteiger partial charge is 0.394 e. The maximum absolute atomic E-state index is 9.71. The predicted octanol–water partition coefficient (Wildman–Crippen LogP) is -0.636. The Balaban J connectivity index is 1.66. The molecule has 10 nitrogen and oxygen atoms in total. The van der Waals surface area contributed by atoms with Gasteiger partial charge in [0.25, 0.3) is 0 Å². The van der Waals surface area contributed by atoms with Gasteiger partial charge >= 0.3 is 0 Å². The van der Waals surface area contributed by atoms with E-state index in [-0.39, 0.29) is 16.7 Å². The van der Waals surface area contributed by atoms with Crippen molar-refractivity contribution >= 4 is 28.5 Å². The van der Waals surface area contributed by atoms with Crippen LogP contribution in [0, 0.1) is 0 Å². The SMILES string of the molecule is C=C(OO[C@@H]1O[C@H](CO)[C@@H](O)[C@H]1O)c1nc2ncnc(Cl)c2[nH]1. The molecule has 0 unspecified atom stereocenters. The maximum Gasteiger partial charge on any atom is 0.232 e. The van der Waals surface area contributed by atoms with E-state index >= 15 is 0 Å². The van der Waals surface area contributed by atoms with Gasteiger partial charge in [-0.25, -0.2) is 15.0 Å². The number of nitrogens with zero attached hydrogens (tertiary/aromatic N) is 3. The van der Waals surface area contributed by atoms with Crippen LogP contribution in [0.25, 0.3) is 16.9 Å². The molecule has 1 aliphatic heterocycles. The number of H-pyrrole nitrogens is 1. The topological polar surface area (TPSA) is 143 Å². The zero-order valence-electron chi connectivity index (χ0n) is 11.6. The van der Waals surface area contributed by atoms with E-state index in [1.54, 1.807) is 0 Å². The normalized spacial score (nSPS) is 27.5. The van der Waals surface area contributed by atoms with Crippen molar-refractivity contribution in [3.8, 4) is 0 Å². The fraction of sp³-hybridized carbons (Fsp3) is 0.417. The minimum atomic E-state index is -1.38. The summed E-state index contributed by atoms with van der Waals surface area (Å²) in [6, 6.07) is 0. The second-order valence-electron chi connectivity index (χ2n) is 4.76. The maximum atomic E-state index is 9.71. The van der Waals surface area contributed by atoms with Gasteiger partial charge in [-0.1, -0.05) is 11.6 Å². The Morgan fingerprint density at radius 2 is 2.17 bits per heavy atom. The number of aromatic amines is 1. The number of ether oxygens (including phenoxy) is 1. The molecule has 0 bridgehead atoms. The molecule has 2 aromatic heterocycles. The summed E-state index contributed by atoms with van der Waals surface area (Å²) in [6.07, 6.45) is -3.66. The van der Waals surface area contributed by atoms with Gasteiger partial charge in [-0.3, -0.25) is 0 Å². The molecule has 1 saturated heterocycles. The number of halogens is 1. The zero-order chi connectivity index (χ0) is 16.6. The van der Waals surface area contributed by atoms with Gasteiger partial charge in [0, 0.05) is 0 Å². The summed E-state index contributed by atoms with van der Waals surface area (Å²) in [5.74, 6) is 0.158. The number of nitrogens with one attached hydrogen (secondary N) is 1. The summed E-state index contributed by atoms with van der Waals surface area (Å²) in [6.45, 7) is 3.14. The zero-order valence-corrected chi connectivity index (χ0v) is 12.3. The molecule has 3 rings (SSSR count). The number of hydrogen-bond acceptors (Lipinski definition) is 9. The number of rotatable bonds is 5. The Morgan fingerprint density at radius 1 is 1.39 bits per heavy atom. The van der Waals surface area contributed by atoms with Crippen LogP contribution in [0.15, 0.2) is 12.9 Å². The number of fused-ring (bicyclic) bond motifs is 1. The molecular weight excluding hydrogens is 332 g/mol. The van der Waals surface area contributed by atoms with Crippen molar-refractivity contribution in [1.29, 1.82) is 0 Å². The molecule has 124 valence electrons. The first-order valence-corrected chi connectivity index (χ1v) is 6.90. The van der Waals surface area contributed by atoms with Gasteiger partial charge in [-0.15, -0.1) is 0 Å². The van der Waals surface area contributed by atoms with Crippen LogP contribution in [0.3, 0.4) is 0 Å². The molecule has 11 heteroatoms. The summed E-state index contributed by atoms with van der Waals surface area (Å²) < 4.78 is 5.09. The number of aliphatic hydroxyl groups is 3. The third kappa shape index (κ3) is 3.00. The highest BCUT2D eigenvalue weighted by molar-refractivity contribution is 6.33. The Bertz CT molecular complexity index is 725. The number of hydrogen-bond donors (Lipinski definition) is 4. The van der Waals surface area contributed by atoms with Gasteiger partial charge in [0.2, 0.25) is 12.0 Å². The van der Waals surface area contributed by atoms with Gasteiger partial charge in [0.15, 0.2) is 16.6 Å². The van der Waals surface area contributed by atoms with E-state index in [1.807, 2.05) is 0 Å². The summed E-state index contributed by atoms with van der Waals surface area (Å²) in [5.41, 5.74) is 0.722. The Kier molecular flexibility index (Phi) is 4.43. The Hall–Kier alpha value is -1.82. The summed E-state index contributed by atoms with van der Waals surface area (Å²) >= 11 is 5.89. The minimum Gasteiger partial charge on any atom is -0.394 e. The predicted molar refractivity (Wildman–Crippen MR) is 75.7 cm³/mol. The van der Waals surface area contributed by atoms with Gasteiger partial charge in [-0.05, 0) is 6.58 Å². The minimum absolute atomic E-state index is 0.0307. The van der Waals surface area contributed by atoms with Crippen molar-refractivity contribution in [2.24, 2.45) is 0 Å². The van der Waals surface area contributed by atoms with E-state index in [2.05, 4.69) is 26.5 Å². The van der Waals surface area contributed by atoms with E-state index < -0.39 is 31.2 Å². The summed E-state index contributed by atoms with van der Waals surface area (Å²) in [5, 5.41) is 28.5. The molecule has 2 aromatic rings. The second-order valence-corrected chi connectivity index (χ2v) is 5.12. The molecule has 0 spiro atoms. The lowest BCUT2D eigenvalue weighted by Crippen LogP contribution is -2.34. The lowest BCUT2D eigenvalue weighted by Gasteiger charge is -2.14. The van der Waals surface area contributed by atoms with Crippen molar-refractivity contribution < 1.29 is 29.8 Å². The summed E-state index contributed by atoms with van der Waals surface area (Å²) in [4.78, 5) is 24.5. The van der Waals surface area contributed by atoms with Crippen molar-refractivity contribution in [1.82, 2.24) is 19.9 Å². The Labute approximate surface area is 134 Å². The van der Waals surface area contributed by atoms with E-state index in [1.165, 1.54) is 6.33 Å². The highest BCUT2D eigenvalue weighted by Gasteiger charge is 2.44. The van der Waals surface area contributed by atoms with Crippen LogP contribution in [0.2, 0.25) is 5.15 Å². The quantitative estimate of drug-likeness (QED) is 0.241. The third-order valence-electron chi connectivity index (χ3n) is 3.25. The molecule has 3 heterocycles. The van der Waals surface area contributed by atoms with Crippen LogP contribution in [0.4, 0.5) is 0 Å². The van der Waals surface area contributed by atoms with Crippen LogP contribution >= 0.6 is 11.6 Å². The molecule has 0 radical (unpaired) electrons. The molecule has 1 fully saturated rings. The molecule has 0 amide bonds. The van der Waals surface area contributed by atoms with Crippen molar-refractivity contribution in [2.45, 2.75) is 24.6 Å². The van der Waals surface area contributed by atoms with Gasteiger partial charge in [0.1, 0.15) is 30.2 Å². The smallest absolute Gasteiger partial charge is 0.232 e. The van der Waals surface area contributed by atoms with Crippen LogP contribution < -0.4 is 0 Å². The Morgan fingerprint density at radius 3 is 2.83 bits per heavy atom. The highest BCUT2D eigenvalue weighted by Crippen LogP contribution is 2.25. The number of imidazole rings is 1. The highest BCUT2D eigenvalue weighted by atomic mass is 35.5. The third-order valence-corrected chi connectivity index (χ3v) is 3.53. The fourth-order valence-corrected chi connectivity index (χ4v) is 2.20. The van der Waals surface area contributed by atoms with Gasteiger partial charge < -0.3 is 29.9 Å². The fourth-order valence-electron chi connectivity index (χ4n) is 2.02. The molecular formula is C12H13ClN4O6. The number of aromatic nitrogens is 4. The van der Waals surface area contributed by atoms with Crippen molar-refractivity contribution in [2.75, 3.05) is 6.61 Å². The van der Waals surface area contributed by atoms with E-state index in [0.29, 0.717) is 11.2 Å². The van der Waals surface area contributed by atoms with E-state index in [4.69, 9.17) is 31.2 Å². The number of aliphatic hydroxyl groups excluding tert-OH is 3. The average Bonchev–Trinajstić information content (AvgIpc) is 3.09. The second kappa shape index (κ2) is 6.35.